The van der Waals surface area contributed by atoms with Crippen molar-refractivity contribution >= 4 is 5.91 Å². The summed E-state index contributed by atoms with van der Waals surface area (Å²) in [5.41, 5.74) is 3.51. The van der Waals surface area contributed by atoms with Gasteiger partial charge in [-0.1, -0.05) is 25.1 Å². The average Bonchev–Trinajstić information content (AvgIpc) is 2.59. The molecule has 0 fully saturated rings. The fourth-order valence-electron chi connectivity index (χ4n) is 2.38. The number of aliphatic hydroxyl groups excluding tert-OH is 1. The number of amides is 1. The van der Waals surface area contributed by atoms with Crippen molar-refractivity contribution in [3.63, 3.8) is 0 Å². The fourth-order valence-corrected chi connectivity index (χ4v) is 2.38. The molecule has 2 aromatic rings. The highest BCUT2D eigenvalue weighted by molar-refractivity contribution is 5.95. The van der Waals surface area contributed by atoms with E-state index in [1.807, 2.05) is 43.3 Å². The summed E-state index contributed by atoms with van der Waals surface area (Å²) in [6, 6.07) is 13.3. The molecule has 0 aliphatic heterocycles. The molecule has 2 aromatic carbocycles. The third kappa shape index (κ3) is 3.28. The molecule has 2 N–H and O–H groups in total. The van der Waals surface area contributed by atoms with Crippen molar-refractivity contribution in [2.45, 2.75) is 12.8 Å². The Kier molecular flexibility index (Phi) is 5.17. The van der Waals surface area contributed by atoms with Crippen molar-refractivity contribution in [2.24, 2.45) is 0 Å². The summed E-state index contributed by atoms with van der Waals surface area (Å²) in [7, 11) is 3.23. The zero-order chi connectivity index (χ0) is 16.1. The van der Waals surface area contributed by atoms with E-state index in [0.717, 1.165) is 22.4 Å². The Morgan fingerprint density at radius 2 is 1.95 bits per heavy atom. The van der Waals surface area contributed by atoms with Gasteiger partial charge in [0.05, 0.1) is 7.11 Å². The van der Waals surface area contributed by atoms with Crippen molar-refractivity contribution in [3.05, 3.63) is 53.6 Å². The number of benzene rings is 2. The molecule has 1 atom stereocenters. The quantitative estimate of drug-likeness (QED) is 0.892. The van der Waals surface area contributed by atoms with Crippen LogP contribution in [0.3, 0.4) is 0 Å². The summed E-state index contributed by atoms with van der Waals surface area (Å²) >= 11 is 0. The van der Waals surface area contributed by atoms with Gasteiger partial charge in [-0.2, -0.15) is 0 Å². The van der Waals surface area contributed by atoms with Gasteiger partial charge in [0.1, 0.15) is 5.75 Å². The van der Waals surface area contributed by atoms with E-state index >= 15 is 0 Å². The Morgan fingerprint density at radius 3 is 2.59 bits per heavy atom. The summed E-state index contributed by atoms with van der Waals surface area (Å²) in [6.07, 6.45) is 0. The summed E-state index contributed by atoms with van der Waals surface area (Å²) in [5.74, 6) is 0.629. The van der Waals surface area contributed by atoms with E-state index in [1.54, 1.807) is 20.2 Å². The van der Waals surface area contributed by atoms with Crippen LogP contribution in [0.5, 0.6) is 5.75 Å². The number of hydrogen-bond acceptors (Lipinski definition) is 3. The summed E-state index contributed by atoms with van der Waals surface area (Å²) < 4.78 is 5.36. The lowest BCUT2D eigenvalue weighted by atomic mass is 9.95. The van der Waals surface area contributed by atoms with E-state index in [9.17, 15) is 9.90 Å². The Balaban J connectivity index is 2.47. The second-order valence-electron chi connectivity index (χ2n) is 5.20. The first-order valence-corrected chi connectivity index (χ1v) is 7.22. The molecule has 0 saturated heterocycles. The van der Waals surface area contributed by atoms with Crippen molar-refractivity contribution in [2.75, 3.05) is 20.8 Å². The number of nitrogens with one attached hydrogen (secondary N) is 1. The molecule has 0 spiro atoms. The van der Waals surface area contributed by atoms with Gasteiger partial charge < -0.3 is 15.2 Å². The van der Waals surface area contributed by atoms with Gasteiger partial charge in [-0.3, -0.25) is 4.79 Å². The first-order chi connectivity index (χ1) is 10.6. The molecular weight excluding hydrogens is 278 g/mol. The van der Waals surface area contributed by atoms with Crippen molar-refractivity contribution in [1.82, 2.24) is 5.32 Å². The van der Waals surface area contributed by atoms with Crippen LogP contribution in [-0.4, -0.2) is 31.8 Å². The highest BCUT2D eigenvalue weighted by Gasteiger charge is 2.13. The van der Waals surface area contributed by atoms with Crippen LogP contribution in [0.25, 0.3) is 11.1 Å². The van der Waals surface area contributed by atoms with Crippen LogP contribution >= 0.6 is 0 Å². The number of methoxy groups -OCH3 is 1. The normalized spacial score (nSPS) is 11.8. The van der Waals surface area contributed by atoms with Gasteiger partial charge in [-0.05, 0) is 41.0 Å². The van der Waals surface area contributed by atoms with Gasteiger partial charge in [-0.15, -0.1) is 0 Å². The maximum Gasteiger partial charge on any atom is 0.251 e. The first-order valence-electron chi connectivity index (χ1n) is 7.22. The van der Waals surface area contributed by atoms with Crippen LogP contribution in [0.4, 0.5) is 0 Å². The minimum absolute atomic E-state index is 0.0166. The molecular formula is C18H21NO3. The molecule has 4 nitrogen and oxygen atoms in total. The van der Waals surface area contributed by atoms with Crippen LogP contribution in [0.1, 0.15) is 28.8 Å². The Bertz CT molecular complexity index is 667. The van der Waals surface area contributed by atoms with E-state index in [4.69, 9.17) is 4.74 Å². The zero-order valence-corrected chi connectivity index (χ0v) is 13.1. The van der Waals surface area contributed by atoms with Crippen molar-refractivity contribution in [3.8, 4) is 16.9 Å². The SMILES string of the molecule is CNC(=O)c1cccc(-c2ccc(OC)c(C(C)CO)c2)c1. The lowest BCUT2D eigenvalue weighted by Gasteiger charge is -2.15. The molecule has 0 aliphatic carbocycles. The van der Waals surface area contributed by atoms with Crippen LogP contribution < -0.4 is 10.1 Å². The van der Waals surface area contributed by atoms with E-state index in [2.05, 4.69) is 5.32 Å². The molecule has 1 unspecified atom stereocenters. The minimum Gasteiger partial charge on any atom is -0.496 e. The second-order valence-corrected chi connectivity index (χ2v) is 5.20. The fraction of sp³-hybridized carbons (Fsp3) is 0.278. The van der Waals surface area contributed by atoms with Gasteiger partial charge in [0, 0.05) is 25.1 Å². The molecule has 2 rings (SSSR count). The smallest absolute Gasteiger partial charge is 0.251 e. The van der Waals surface area contributed by atoms with Gasteiger partial charge in [-0.25, -0.2) is 0 Å². The van der Waals surface area contributed by atoms with Gasteiger partial charge in [0.2, 0.25) is 0 Å². The van der Waals surface area contributed by atoms with E-state index in [1.165, 1.54) is 0 Å². The molecule has 4 heteroatoms. The molecule has 22 heavy (non-hydrogen) atoms. The topological polar surface area (TPSA) is 58.6 Å². The van der Waals surface area contributed by atoms with Crippen LogP contribution in [-0.2, 0) is 0 Å². The maximum atomic E-state index is 11.8. The molecule has 0 saturated carbocycles. The van der Waals surface area contributed by atoms with Gasteiger partial charge >= 0.3 is 0 Å². The number of carbonyl (C=O) groups is 1. The third-order valence-corrected chi connectivity index (χ3v) is 3.72. The van der Waals surface area contributed by atoms with Crippen molar-refractivity contribution in [1.29, 1.82) is 0 Å². The number of aliphatic hydroxyl groups is 1. The predicted molar refractivity (Wildman–Crippen MR) is 87.3 cm³/mol. The first kappa shape index (κ1) is 16.0. The zero-order valence-electron chi connectivity index (χ0n) is 13.1. The summed E-state index contributed by atoms with van der Waals surface area (Å²) in [4.78, 5) is 11.8. The van der Waals surface area contributed by atoms with E-state index < -0.39 is 0 Å². The summed E-state index contributed by atoms with van der Waals surface area (Å²) in [6.45, 7) is 2.00. The van der Waals surface area contributed by atoms with Gasteiger partial charge in [0.25, 0.3) is 5.91 Å². The Labute approximate surface area is 130 Å². The van der Waals surface area contributed by atoms with Crippen molar-refractivity contribution < 1.29 is 14.6 Å². The monoisotopic (exact) mass is 299 g/mol. The summed E-state index contributed by atoms with van der Waals surface area (Å²) in [5, 5.41) is 12.0. The lowest BCUT2D eigenvalue weighted by molar-refractivity contribution is 0.0963. The average molecular weight is 299 g/mol. The highest BCUT2D eigenvalue weighted by Crippen LogP contribution is 2.31. The molecule has 0 aromatic heterocycles. The maximum absolute atomic E-state index is 11.8. The molecule has 0 aliphatic rings. The minimum atomic E-state index is -0.112. The molecule has 116 valence electrons. The van der Waals surface area contributed by atoms with E-state index in [0.29, 0.717) is 5.56 Å². The molecule has 0 bridgehead atoms. The highest BCUT2D eigenvalue weighted by atomic mass is 16.5. The van der Waals surface area contributed by atoms with Crippen LogP contribution in [0.2, 0.25) is 0 Å². The predicted octanol–water partition coefficient (Wildman–Crippen LogP) is 2.82. The van der Waals surface area contributed by atoms with Gasteiger partial charge in [0.15, 0.2) is 0 Å². The molecule has 1 amide bonds. The number of carbonyl (C=O) groups excluding carboxylic acids is 1. The third-order valence-electron chi connectivity index (χ3n) is 3.72. The Hall–Kier alpha value is -2.33. The van der Waals surface area contributed by atoms with E-state index in [-0.39, 0.29) is 18.4 Å². The largest absolute Gasteiger partial charge is 0.496 e. The Morgan fingerprint density at radius 1 is 1.23 bits per heavy atom. The number of hydrogen-bond donors (Lipinski definition) is 2. The second kappa shape index (κ2) is 7.09. The molecule has 0 radical (unpaired) electrons. The molecule has 0 heterocycles. The van der Waals surface area contributed by atoms with Crippen LogP contribution in [0.15, 0.2) is 42.5 Å². The van der Waals surface area contributed by atoms with Crippen LogP contribution in [0, 0.1) is 0 Å². The number of ether oxygens (including phenoxy) is 1. The lowest BCUT2D eigenvalue weighted by Crippen LogP contribution is -2.17. The standard InChI is InChI=1S/C18H21NO3/c1-12(11-20)16-10-14(7-8-17(16)22-3)13-5-4-6-15(9-13)18(21)19-2/h4-10,12,20H,11H2,1-3H3,(H,19,21). The number of rotatable bonds is 5.